The molecule has 0 aliphatic rings. The van der Waals surface area contributed by atoms with Crippen LogP contribution in [0.5, 0.6) is 0 Å². The fourth-order valence-corrected chi connectivity index (χ4v) is 1.58. The van der Waals surface area contributed by atoms with Gasteiger partial charge in [-0.1, -0.05) is 44.2 Å². The lowest BCUT2D eigenvalue weighted by atomic mass is 9.84. The van der Waals surface area contributed by atoms with Gasteiger partial charge in [0.1, 0.15) is 6.42 Å². The second kappa shape index (κ2) is 6.19. The van der Waals surface area contributed by atoms with Crippen molar-refractivity contribution in [1.82, 2.24) is 5.32 Å². The van der Waals surface area contributed by atoms with Crippen molar-refractivity contribution in [2.75, 3.05) is 13.7 Å². The van der Waals surface area contributed by atoms with Crippen molar-refractivity contribution in [1.29, 1.82) is 0 Å². The Kier molecular flexibility index (Phi) is 4.89. The minimum absolute atomic E-state index is 0.174. The fourth-order valence-electron chi connectivity index (χ4n) is 1.58. The summed E-state index contributed by atoms with van der Waals surface area (Å²) in [6.07, 6.45) is -0.235. The van der Waals surface area contributed by atoms with Crippen LogP contribution in [0, 0.1) is 0 Å². The molecule has 0 aliphatic carbocycles. The zero-order chi connectivity index (χ0) is 13.6. The number of hydrogen-bond acceptors (Lipinski definition) is 3. The first-order valence-corrected chi connectivity index (χ1v) is 5.85. The van der Waals surface area contributed by atoms with Gasteiger partial charge in [-0.05, 0) is 5.56 Å². The summed E-state index contributed by atoms with van der Waals surface area (Å²) in [5, 5.41) is 2.75. The number of amides is 1. The molecule has 0 aromatic heterocycles. The number of benzene rings is 1. The normalized spacial score (nSPS) is 10.8. The van der Waals surface area contributed by atoms with Crippen LogP contribution in [-0.2, 0) is 19.7 Å². The van der Waals surface area contributed by atoms with Gasteiger partial charge in [0.2, 0.25) is 5.91 Å². The standard InChI is InChI=1S/C14H19NO3/c1-14(2,11-7-5-4-6-8-11)10-15-12(16)9-13(17)18-3/h4-8H,9-10H2,1-3H3,(H,15,16). The molecule has 18 heavy (non-hydrogen) atoms. The van der Waals surface area contributed by atoms with E-state index in [9.17, 15) is 9.59 Å². The van der Waals surface area contributed by atoms with Gasteiger partial charge in [0.05, 0.1) is 7.11 Å². The molecule has 0 aliphatic heterocycles. The third kappa shape index (κ3) is 4.20. The van der Waals surface area contributed by atoms with Crippen LogP contribution in [0.2, 0.25) is 0 Å². The van der Waals surface area contributed by atoms with Crippen LogP contribution in [0.3, 0.4) is 0 Å². The predicted molar refractivity (Wildman–Crippen MR) is 69.1 cm³/mol. The summed E-state index contributed by atoms with van der Waals surface area (Å²) >= 11 is 0. The average molecular weight is 249 g/mol. The zero-order valence-electron chi connectivity index (χ0n) is 11.0. The van der Waals surface area contributed by atoms with E-state index in [1.807, 2.05) is 44.2 Å². The molecule has 0 heterocycles. The quantitative estimate of drug-likeness (QED) is 0.637. The van der Waals surface area contributed by atoms with Crippen LogP contribution in [0.25, 0.3) is 0 Å². The molecule has 1 aromatic rings. The Hall–Kier alpha value is -1.84. The molecule has 0 spiro atoms. The number of esters is 1. The summed E-state index contributed by atoms with van der Waals surface area (Å²) in [6, 6.07) is 9.93. The molecule has 0 saturated heterocycles. The Bertz CT molecular complexity index is 412. The number of hydrogen-bond donors (Lipinski definition) is 1. The van der Waals surface area contributed by atoms with E-state index >= 15 is 0 Å². The Morgan fingerprint density at radius 2 is 1.83 bits per heavy atom. The van der Waals surface area contributed by atoms with Crippen molar-refractivity contribution in [2.24, 2.45) is 0 Å². The molecule has 0 unspecified atom stereocenters. The first kappa shape index (κ1) is 14.2. The maximum atomic E-state index is 11.5. The van der Waals surface area contributed by atoms with Gasteiger partial charge in [0.15, 0.2) is 0 Å². The Morgan fingerprint density at radius 1 is 1.22 bits per heavy atom. The largest absolute Gasteiger partial charge is 0.469 e. The Labute approximate surface area is 107 Å². The Balaban J connectivity index is 2.52. The summed E-state index contributed by atoms with van der Waals surface area (Å²) in [4.78, 5) is 22.4. The van der Waals surface area contributed by atoms with Gasteiger partial charge >= 0.3 is 5.97 Å². The maximum absolute atomic E-state index is 11.5. The number of methoxy groups -OCH3 is 1. The topological polar surface area (TPSA) is 55.4 Å². The fraction of sp³-hybridized carbons (Fsp3) is 0.429. The van der Waals surface area contributed by atoms with Crippen molar-refractivity contribution in [3.8, 4) is 0 Å². The van der Waals surface area contributed by atoms with E-state index < -0.39 is 5.97 Å². The summed E-state index contributed by atoms with van der Waals surface area (Å²) in [7, 11) is 1.27. The lowest BCUT2D eigenvalue weighted by Gasteiger charge is -2.25. The van der Waals surface area contributed by atoms with Crippen molar-refractivity contribution in [2.45, 2.75) is 25.7 Å². The highest BCUT2D eigenvalue weighted by molar-refractivity contribution is 5.94. The minimum Gasteiger partial charge on any atom is -0.469 e. The van der Waals surface area contributed by atoms with Gasteiger partial charge in [0.25, 0.3) is 0 Å². The molecule has 0 fully saturated rings. The van der Waals surface area contributed by atoms with Crippen LogP contribution in [0.1, 0.15) is 25.8 Å². The van der Waals surface area contributed by atoms with Crippen LogP contribution in [0.15, 0.2) is 30.3 Å². The maximum Gasteiger partial charge on any atom is 0.315 e. The second-order valence-electron chi connectivity index (χ2n) is 4.78. The zero-order valence-corrected chi connectivity index (χ0v) is 11.0. The monoisotopic (exact) mass is 249 g/mol. The number of ether oxygens (including phenoxy) is 1. The smallest absolute Gasteiger partial charge is 0.315 e. The highest BCUT2D eigenvalue weighted by Crippen LogP contribution is 2.21. The van der Waals surface area contributed by atoms with E-state index in [1.165, 1.54) is 7.11 Å². The van der Waals surface area contributed by atoms with Crippen LogP contribution >= 0.6 is 0 Å². The summed E-state index contributed by atoms with van der Waals surface area (Å²) in [5.74, 6) is -0.837. The lowest BCUT2D eigenvalue weighted by Crippen LogP contribution is -2.37. The summed E-state index contributed by atoms with van der Waals surface area (Å²) < 4.78 is 4.44. The first-order valence-electron chi connectivity index (χ1n) is 5.85. The van der Waals surface area contributed by atoms with Gasteiger partial charge in [-0.15, -0.1) is 0 Å². The number of nitrogens with one attached hydrogen (secondary N) is 1. The van der Waals surface area contributed by atoms with Gasteiger partial charge in [-0.3, -0.25) is 9.59 Å². The summed E-state index contributed by atoms with van der Waals surface area (Å²) in [5.41, 5.74) is 0.968. The molecular weight excluding hydrogens is 230 g/mol. The molecular formula is C14H19NO3. The van der Waals surface area contributed by atoms with Crippen molar-refractivity contribution < 1.29 is 14.3 Å². The molecule has 1 rings (SSSR count). The molecule has 1 aromatic carbocycles. The van der Waals surface area contributed by atoms with Gasteiger partial charge in [0, 0.05) is 12.0 Å². The molecule has 4 nitrogen and oxygen atoms in total. The van der Waals surface area contributed by atoms with Gasteiger partial charge in [-0.2, -0.15) is 0 Å². The predicted octanol–water partition coefficient (Wildman–Crippen LogP) is 1.64. The Morgan fingerprint density at radius 3 is 2.39 bits per heavy atom. The third-order valence-electron chi connectivity index (χ3n) is 2.82. The van der Waals surface area contributed by atoms with E-state index in [0.29, 0.717) is 6.54 Å². The highest BCUT2D eigenvalue weighted by Gasteiger charge is 2.21. The SMILES string of the molecule is COC(=O)CC(=O)NCC(C)(C)c1ccccc1. The number of carbonyl (C=O) groups is 2. The molecule has 1 amide bonds. The highest BCUT2D eigenvalue weighted by atomic mass is 16.5. The van der Waals surface area contributed by atoms with Crippen LogP contribution in [-0.4, -0.2) is 25.5 Å². The van der Waals surface area contributed by atoms with Crippen molar-refractivity contribution in [3.63, 3.8) is 0 Å². The number of rotatable bonds is 5. The molecule has 0 bridgehead atoms. The molecule has 0 atom stereocenters. The van der Waals surface area contributed by atoms with Gasteiger partial charge in [-0.25, -0.2) is 0 Å². The molecule has 0 radical (unpaired) electrons. The average Bonchev–Trinajstić information content (AvgIpc) is 2.37. The molecule has 98 valence electrons. The first-order chi connectivity index (χ1) is 8.45. The number of carbonyl (C=O) groups excluding carboxylic acids is 2. The summed E-state index contributed by atoms with van der Waals surface area (Å²) in [6.45, 7) is 4.56. The molecule has 0 saturated carbocycles. The van der Waals surface area contributed by atoms with E-state index in [2.05, 4.69) is 10.1 Å². The lowest BCUT2D eigenvalue weighted by molar-refractivity contribution is -0.143. The van der Waals surface area contributed by atoms with Gasteiger partial charge < -0.3 is 10.1 Å². The molecule has 4 heteroatoms. The van der Waals surface area contributed by atoms with Crippen molar-refractivity contribution in [3.05, 3.63) is 35.9 Å². The molecule has 1 N–H and O–H groups in total. The van der Waals surface area contributed by atoms with E-state index in [4.69, 9.17) is 0 Å². The minimum atomic E-state index is -0.523. The third-order valence-corrected chi connectivity index (χ3v) is 2.82. The second-order valence-corrected chi connectivity index (χ2v) is 4.78. The van der Waals surface area contributed by atoms with E-state index in [1.54, 1.807) is 0 Å². The van der Waals surface area contributed by atoms with E-state index in [-0.39, 0.29) is 17.7 Å². The van der Waals surface area contributed by atoms with Crippen LogP contribution in [0.4, 0.5) is 0 Å². The van der Waals surface area contributed by atoms with E-state index in [0.717, 1.165) is 5.56 Å². The van der Waals surface area contributed by atoms with Crippen LogP contribution < -0.4 is 5.32 Å². The van der Waals surface area contributed by atoms with Crippen molar-refractivity contribution >= 4 is 11.9 Å².